The van der Waals surface area contributed by atoms with Crippen molar-refractivity contribution in [3.63, 3.8) is 0 Å². The minimum Gasteiger partial charge on any atom is -0.388 e. The maximum Gasteiger partial charge on any atom is 0.225 e. The number of nitrogens with one attached hydrogen (secondary N) is 1. The van der Waals surface area contributed by atoms with E-state index >= 15 is 0 Å². The average Bonchev–Trinajstić information content (AvgIpc) is 3.37. The monoisotopic (exact) mass is 340 g/mol. The Bertz CT molecular complexity index is 474. The zero-order chi connectivity index (χ0) is 17.3. The highest BCUT2D eigenvalue weighted by molar-refractivity contribution is 5.80. The van der Waals surface area contributed by atoms with Crippen molar-refractivity contribution in [2.75, 3.05) is 19.6 Å². The van der Waals surface area contributed by atoms with Crippen LogP contribution in [0.15, 0.2) is 0 Å². The van der Waals surface area contributed by atoms with Gasteiger partial charge in [-0.1, -0.05) is 6.92 Å². The summed E-state index contributed by atoms with van der Waals surface area (Å²) < 4.78 is 5.66. The number of rotatable bonds is 5. The standard InChI is InChI=1S/C17H28N2O5/c1-10-4-6-19(7-5-10)14(20)8-12-15(21)16(22)13(24-12)9-18-17(23)11-2-3-11/h10-13,15-16,21-22H,2-9H2,1H3,(H,18,23)/t12-,13+,15-,16+/m0/s1. The summed E-state index contributed by atoms with van der Waals surface area (Å²) >= 11 is 0. The summed E-state index contributed by atoms with van der Waals surface area (Å²) in [7, 11) is 0. The fourth-order valence-corrected chi connectivity index (χ4v) is 3.41. The number of likely N-dealkylation sites (tertiary alicyclic amines) is 1. The van der Waals surface area contributed by atoms with Gasteiger partial charge in [0.15, 0.2) is 0 Å². The molecule has 7 heteroatoms. The molecule has 2 heterocycles. The molecule has 3 rings (SSSR count). The average molecular weight is 340 g/mol. The van der Waals surface area contributed by atoms with Crippen molar-refractivity contribution in [3.05, 3.63) is 0 Å². The van der Waals surface area contributed by atoms with Gasteiger partial charge in [-0.05, 0) is 31.6 Å². The van der Waals surface area contributed by atoms with Gasteiger partial charge in [-0.2, -0.15) is 0 Å². The summed E-state index contributed by atoms with van der Waals surface area (Å²) in [5.41, 5.74) is 0. The molecular formula is C17H28N2O5. The van der Waals surface area contributed by atoms with Gasteiger partial charge in [-0.3, -0.25) is 9.59 Å². The van der Waals surface area contributed by atoms with Crippen molar-refractivity contribution in [1.29, 1.82) is 0 Å². The van der Waals surface area contributed by atoms with E-state index in [1.54, 1.807) is 0 Å². The van der Waals surface area contributed by atoms with E-state index < -0.39 is 24.4 Å². The molecule has 0 unspecified atom stereocenters. The summed E-state index contributed by atoms with van der Waals surface area (Å²) in [4.78, 5) is 25.8. The van der Waals surface area contributed by atoms with Gasteiger partial charge in [-0.15, -0.1) is 0 Å². The molecule has 2 aliphatic heterocycles. The predicted octanol–water partition coefficient (Wildman–Crippen LogP) is -0.350. The SMILES string of the molecule is CC1CCN(C(=O)C[C@@H]2O[C@H](CNC(=O)C3CC3)[C@@H](O)[C@H]2O)CC1. The third kappa shape index (κ3) is 4.07. The Morgan fingerprint density at radius 3 is 2.33 bits per heavy atom. The first-order chi connectivity index (χ1) is 11.5. The molecule has 3 N–H and O–H groups in total. The molecule has 0 aromatic heterocycles. The molecule has 0 radical (unpaired) electrons. The minimum absolute atomic E-state index is 0.0257. The fourth-order valence-electron chi connectivity index (χ4n) is 3.41. The van der Waals surface area contributed by atoms with Crippen LogP contribution >= 0.6 is 0 Å². The lowest BCUT2D eigenvalue weighted by Crippen LogP contribution is -2.41. The second-order valence-electron chi connectivity index (χ2n) is 7.48. The Morgan fingerprint density at radius 1 is 1.08 bits per heavy atom. The van der Waals surface area contributed by atoms with E-state index in [0.29, 0.717) is 5.92 Å². The van der Waals surface area contributed by atoms with Gasteiger partial charge in [0, 0.05) is 25.6 Å². The van der Waals surface area contributed by atoms with E-state index in [1.165, 1.54) is 0 Å². The van der Waals surface area contributed by atoms with E-state index in [2.05, 4.69) is 12.2 Å². The maximum absolute atomic E-state index is 12.4. The quantitative estimate of drug-likeness (QED) is 0.635. The van der Waals surface area contributed by atoms with Crippen LogP contribution in [0, 0.1) is 11.8 Å². The number of nitrogens with zero attached hydrogens (tertiary/aromatic N) is 1. The molecule has 2 saturated heterocycles. The Labute approximate surface area is 142 Å². The van der Waals surface area contributed by atoms with Crippen molar-refractivity contribution in [1.82, 2.24) is 10.2 Å². The van der Waals surface area contributed by atoms with Crippen molar-refractivity contribution < 1.29 is 24.5 Å². The van der Waals surface area contributed by atoms with E-state index in [1.807, 2.05) is 4.90 Å². The zero-order valence-corrected chi connectivity index (χ0v) is 14.2. The van der Waals surface area contributed by atoms with Gasteiger partial charge >= 0.3 is 0 Å². The number of hydrogen-bond acceptors (Lipinski definition) is 5. The summed E-state index contributed by atoms with van der Waals surface area (Å²) in [6.45, 7) is 3.83. The highest BCUT2D eigenvalue weighted by atomic mass is 16.5. The number of hydrogen-bond donors (Lipinski definition) is 3. The van der Waals surface area contributed by atoms with Gasteiger partial charge in [0.25, 0.3) is 0 Å². The second-order valence-corrected chi connectivity index (χ2v) is 7.48. The molecule has 3 fully saturated rings. The molecule has 136 valence electrons. The molecule has 0 bridgehead atoms. The molecule has 0 aromatic carbocycles. The molecule has 24 heavy (non-hydrogen) atoms. The molecule has 1 saturated carbocycles. The lowest BCUT2D eigenvalue weighted by molar-refractivity contribution is -0.136. The highest BCUT2D eigenvalue weighted by Gasteiger charge is 2.44. The van der Waals surface area contributed by atoms with Crippen LogP contribution in [-0.2, 0) is 14.3 Å². The molecule has 0 aromatic rings. The summed E-state index contributed by atoms with van der Waals surface area (Å²) in [5, 5.41) is 23.0. The van der Waals surface area contributed by atoms with Gasteiger partial charge in [0.2, 0.25) is 11.8 Å². The number of carbonyl (C=O) groups excluding carboxylic acids is 2. The lowest BCUT2D eigenvalue weighted by Gasteiger charge is -2.31. The smallest absolute Gasteiger partial charge is 0.225 e. The Kier molecular flexibility index (Phi) is 5.42. The van der Waals surface area contributed by atoms with Crippen molar-refractivity contribution in [2.24, 2.45) is 11.8 Å². The van der Waals surface area contributed by atoms with Crippen LogP contribution < -0.4 is 5.32 Å². The summed E-state index contributed by atoms with van der Waals surface area (Å²) in [6.07, 6.45) is 0.332. The first-order valence-corrected chi connectivity index (χ1v) is 9.02. The third-order valence-electron chi connectivity index (χ3n) is 5.40. The van der Waals surface area contributed by atoms with E-state index in [0.717, 1.165) is 38.8 Å². The van der Waals surface area contributed by atoms with Gasteiger partial charge in [0.1, 0.15) is 18.3 Å². The van der Waals surface area contributed by atoms with Gasteiger partial charge in [-0.25, -0.2) is 0 Å². The van der Waals surface area contributed by atoms with Crippen LogP contribution in [0.4, 0.5) is 0 Å². The third-order valence-corrected chi connectivity index (χ3v) is 5.40. The zero-order valence-electron chi connectivity index (χ0n) is 14.2. The van der Waals surface area contributed by atoms with E-state index in [-0.39, 0.29) is 30.7 Å². The normalized spacial score (nSPS) is 34.4. The number of piperidine rings is 1. The van der Waals surface area contributed by atoms with Crippen LogP contribution in [0.25, 0.3) is 0 Å². The highest BCUT2D eigenvalue weighted by Crippen LogP contribution is 2.29. The van der Waals surface area contributed by atoms with Crippen LogP contribution in [-0.4, -0.2) is 71.0 Å². The minimum atomic E-state index is -1.10. The van der Waals surface area contributed by atoms with Crippen molar-refractivity contribution in [2.45, 2.75) is 63.4 Å². The molecule has 0 spiro atoms. The molecule has 7 nitrogen and oxygen atoms in total. The summed E-state index contributed by atoms with van der Waals surface area (Å²) in [6, 6.07) is 0. The topological polar surface area (TPSA) is 99.1 Å². The molecular weight excluding hydrogens is 312 g/mol. The van der Waals surface area contributed by atoms with E-state index in [9.17, 15) is 19.8 Å². The number of aliphatic hydroxyl groups is 2. The molecule has 4 atom stereocenters. The Hall–Kier alpha value is -1.18. The van der Waals surface area contributed by atoms with Gasteiger partial charge < -0.3 is 25.2 Å². The second kappa shape index (κ2) is 7.37. The van der Waals surface area contributed by atoms with Crippen molar-refractivity contribution >= 4 is 11.8 Å². The van der Waals surface area contributed by atoms with Crippen LogP contribution in [0.3, 0.4) is 0 Å². The Morgan fingerprint density at radius 2 is 1.71 bits per heavy atom. The largest absolute Gasteiger partial charge is 0.388 e. The first kappa shape index (κ1) is 17.6. The van der Waals surface area contributed by atoms with E-state index in [4.69, 9.17) is 4.74 Å². The predicted molar refractivity (Wildman–Crippen MR) is 86.0 cm³/mol. The first-order valence-electron chi connectivity index (χ1n) is 9.02. The Balaban J connectivity index is 1.47. The van der Waals surface area contributed by atoms with Crippen LogP contribution in [0.5, 0.6) is 0 Å². The summed E-state index contributed by atoms with van der Waals surface area (Å²) in [5.74, 6) is 0.666. The van der Waals surface area contributed by atoms with Crippen LogP contribution in [0.2, 0.25) is 0 Å². The lowest BCUT2D eigenvalue weighted by atomic mass is 9.98. The number of ether oxygens (including phenoxy) is 1. The number of carbonyl (C=O) groups is 2. The molecule has 1 aliphatic carbocycles. The fraction of sp³-hybridized carbons (Fsp3) is 0.882. The van der Waals surface area contributed by atoms with Crippen LogP contribution in [0.1, 0.15) is 39.0 Å². The van der Waals surface area contributed by atoms with Crippen molar-refractivity contribution in [3.8, 4) is 0 Å². The number of amides is 2. The maximum atomic E-state index is 12.4. The van der Waals surface area contributed by atoms with Gasteiger partial charge in [0.05, 0.1) is 12.5 Å². The molecule has 3 aliphatic rings. The number of aliphatic hydroxyl groups excluding tert-OH is 2. The molecule has 2 amide bonds.